The monoisotopic (exact) mass is 372 g/mol. The molecule has 28 heavy (non-hydrogen) atoms. The van der Waals surface area contributed by atoms with Crippen LogP contribution in [0, 0.1) is 13.8 Å². The van der Waals surface area contributed by atoms with Gasteiger partial charge in [-0.05, 0) is 37.3 Å². The number of oxime groups is 1. The third-order valence-corrected chi connectivity index (χ3v) is 5.30. The molecule has 0 aliphatic heterocycles. The summed E-state index contributed by atoms with van der Waals surface area (Å²) in [7, 11) is 0. The zero-order chi connectivity index (χ0) is 19.5. The van der Waals surface area contributed by atoms with Crippen molar-refractivity contribution in [3.8, 4) is 0 Å². The van der Waals surface area contributed by atoms with Gasteiger partial charge in [-0.15, -0.1) is 0 Å². The van der Waals surface area contributed by atoms with Crippen LogP contribution < -0.4 is 5.32 Å². The Bertz CT molecular complexity index is 994. The topological polar surface area (TPSA) is 70.4 Å². The van der Waals surface area contributed by atoms with Crippen molar-refractivity contribution in [1.82, 2.24) is 9.97 Å². The summed E-state index contributed by atoms with van der Waals surface area (Å²) in [5.41, 5.74) is 7.31. The van der Waals surface area contributed by atoms with Gasteiger partial charge in [0.1, 0.15) is 0 Å². The molecule has 1 heterocycles. The van der Waals surface area contributed by atoms with Crippen LogP contribution in [0.3, 0.4) is 0 Å². The van der Waals surface area contributed by atoms with E-state index in [2.05, 4.69) is 77.8 Å². The number of aryl methyl sites for hydroxylation is 2. The van der Waals surface area contributed by atoms with E-state index in [1.807, 2.05) is 0 Å². The minimum Gasteiger partial charge on any atom is -0.411 e. The van der Waals surface area contributed by atoms with E-state index in [1.165, 1.54) is 22.3 Å². The van der Waals surface area contributed by atoms with Gasteiger partial charge in [-0.1, -0.05) is 64.8 Å². The second kappa shape index (κ2) is 7.80. The van der Waals surface area contributed by atoms with Crippen LogP contribution in [0.5, 0.6) is 0 Å². The molecule has 0 radical (unpaired) electrons. The summed E-state index contributed by atoms with van der Waals surface area (Å²) in [5, 5.41) is 16.3. The molecule has 0 spiro atoms. The van der Waals surface area contributed by atoms with E-state index in [1.54, 1.807) is 6.20 Å². The number of aromatic nitrogens is 2. The Balaban J connectivity index is 1.55. The lowest BCUT2D eigenvalue weighted by Crippen LogP contribution is -2.22. The lowest BCUT2D eigenvalue weighted by molar-refractivity contribution is 0.316. The molecule has 142 valence electrons. The number of nitrogens with zero attached hydrogens (tertiary/aromatic N) is 3. The molecule has 2 aromatic carbocycles. The molecule has 0 bridgehead atoms. The fourth-order valence-corrected chi connectivity index (χ4v) is 3.60. The maximum Gasteiger partial charge on any atom is 0.223 e. The molecule has 1 aliphatic rings. The van der Waals surface area contributed by atoms with Crippen LogP contribution in [0.2, 0.25) is 0 Å². The summed E-state index contributed by atoms with van der Waals surface area (Å²) >= 11 is 0. The summed E-state index contributed by atoms with van der Waals surface area (Å²) in [6, 6.07) is 16.9. The molecule has 5 heteroatoms. The van der Waals surface area contributed by atoms with Gasteiger partial charge in [0.05, 0.1) is 11.4 Å². The molecule has 1 aliphatic carbocycles. The average Bonchev–Trinajstić information content (AvgIpc) is 2.73. The van der Waals surface area contributed by atoms with E-state index < -0.39 is 0 Å². The molecule has 5 nitrogen and oxygen atoms in total. The Labute approximate surface area is 165 Å². The fraction of sp³-hybridized carbons (Fsp3) is 0.261. The highest BCUT2D eigenvalue weighted by Crippen LogP contribution is 2.32. The first-order valence-corrected chi connectivity index (χ1v) is 9.55. The molecule has 4 rings (SSSR count). The minimum absolute atomic E-state index is 0.249. The molecule has 0 saturated carbocycles. The van der Waals surface area contributed by atoms with E-state index in [0.717, 1.165) is 17.7 Å². The Hall–Kier alpha value is -3.21. The van der Waals surface area contributed by atoms with Crippen molar-refractivity contribution >= 4 is 11.7 Å². The molecular weight excluding hydrogens is 348 g/mol. The summed E-state index contributed by atoms with van der Waals surface area (Å²) in [6.07, 6.45) is 3.26. The largest absolute Gasteiger partial charge is 0.411 e. The third kappa shape index (κ3) is 3.88. The number of fused-ring (bicyclic) bond motifs is 1. The van der Waals surface area contributed by atoms with Crippen LogP contribution in [-0.4, -0.2) is 20.9 Å². The van der Waals surface area contributed by atoms with Crippen LogP contribution in [0.1, 0.15) is 45.8 Å². The second-order valence-corrected chi connectivity index (χ2v) is 7.46. The van der Waals surface area contributed by atoms with E-state index >= 15 is 0 Å². The first-order chi connectivity index (χ1) is 13.6. The number of hydrogen-bond donors (Lipinski definition) is 2. The van der Waals surface area contributed by atoms with Gasteiger partial charge in [0.15, 0.2) is 0 Å². The van der Waals surface area contributed by atoms with E-state index in [9.17, 15) is 5.21 Å². The first kappa shape index (κ1) is 18.2. The van der Waals surface area contributed by atoms with E-state index in [4.69, 9.17) is 4.98 Å². The molecule has 0 saturated heterocycles. The number of benzene rings is 2. The predicted molar refractivity (Wildman–Crippen MR) is 111 cm³/mol. The van der Waals surface area contributed by atoms with Gasteiger partial charge >= 0.3 is 0 Å². The van der Waals surface area contributed by atoms with Gasteiger partial charge in [0, 0.05) is 24.7 Å². The molecular formula is C23H24N4O. The lowest BCUT2D eigenvalue weighted by Gasteiger charge is -2.25. The zero-order valence-corrected chi connectivity index (χ0v) is 16.2. The number of rotatable bonds is 4. The van der Waals surface area contributed by atoms with Crippen molar-refractivity contribution < 1.29 is 5.21 Å². The van der Waals surface area contributed by atoms with Gasteiger partial charge in [-0.3, -0.25) is 0 Å². The SMILES string of the molecule is Cc1ccc(CNc2ncc3c(n2)C[C@@H](c2ccc(C)cc2)C/C3=N\O)cc1. The standard InChI is InChI=1S/C23H24N4O/c1-15-3-7-17(8-4-15)13-24-23-25-14-20-21(26-23)11-19(12-22(20)27-28)18-9-5-16(2)6-10-18/h3-10,14,19,28H,11-13H2,1-2H3,(H,24,25,26)/b27-22+/t19-/m1/s1. The third-order valence-electron chi connectivity index (χ3n) is 5.30. The Morgan fingerprint density at radius 1 is 1.00 bits per heavy atom. The second-order valence-electron chi connectivity index (χ2n) is 7.46. The summed E-state index contributed by atoms with van der Waals surface area (Å²) in [4.78, 5) is 9.14. The number of nitrogens with one attached hydrogen (secondary N) is 1. The van der Waals surface area contributed by atoms with Gasteiger partial charge in [0.2, 0.25) is 5.95 Å². The molecule has 2 N–H and O–H groups in total. The zero-order valence-electron chi connectivity index (χ0n) is 16.2. The molecule has 3 aromatic rings. The van der Waals surface area contributed by atoms with Crippen LogP contribution in [0.25, 0.3) is 0 Å². The normalized spacial score (nSPS) is 17.4. The van der Waals surface area contributed by atoms with Crippen molar-refractivity contribution in [3.63, 3.8) is 0 Å². The lowest BCUT2D eigenvalue weighted by atomic mass is 9.81. The first-order valence-electron chi connectivity index (χ1n) is 9.55. The van der Waals surface area contributed by atoms with E-state index in [-0.39, 0.29) is 5.92 Å². The van der Waals surface area contributed by atoms with Crippen LogP contribution in [0.15, 0.2) is 59.9 Å². The summed E-state index contributed by atoms with van der Waals surface area (Å²) < 4.78 is 0. The fourth-order valence-electron chi connectivity index (χ4n) is 3.60. The highest BCUT2D eigenvalue weighted by Gasteiger charge is 2.27. The van der Waals surface area contributed by atoms with Gasteiger partial charge < -0.3 is 10.5 Å². The van der Waals surface area contributed by atoms with Gasteiger partial charge in [0.25, 0.3) is 0 Å². The predicted octanol–water partition coefficient (Wildman–Crippen LogP) is 4.61. The van der Waals surface area contributed by atoms with Crippen molar-refractivity contribution in [2.24, 2.45) is 5.16 Å². The number of anilines is 1. The van der Waals surface area contributed by atoms with Crippen LogP contribution in [0.4, 0.5) is 5.95 Å². The van der Waals surface area contributed by atoms with Crippen molar-refractivity contribution in [2.45, 2.75) is 39.2 Å². The van der Waals surface area contributed by atoms with Crippen LogP contribution in [-0.2, 0) is 13.0 Å². The summed E-state index contributed by atoms with van der Waals surface area (Å²) in [6.45, 7) is 4.83. The quantitative estimate of drug-likeness (QED) is 0.518. The van der Waals surface area contributed by atoms with Crippen LogP contribution >= 0.6 is 0 Å². The highest BCUT2D eigenvalue weighted by molar-refractivity contribution is 6.02. The molecule has 0 unspecified atom stereocenters. The smallest absolute Gasteiger partial charge is 0.223 e. The Kier molecular flexibility index (Phi) is 5.06. The Morgan fingerprint density at radius 2 is 1.68 bits per heavy atom. The van der Waals surface area contributed by atoms with Gasteiger partial charge in [-0.2, -0.15) is 0 Å². The number of hydrogen-bond acceptors (Lipinski definition) is 5. The highest BCUT2D eigenvalue weighted by atomic mass is 16.4. The molecule has 0 fully saturated rings. The minimum atomic E-state index is 0.249. The molecule has 1 atom stereocenters. The maximum absolute atomic E-state index is 9.51. The average molecular weight is 372 g/mol. The van der Waals surface area contributed by atoms with Gasteiger partial charge in [-0.25, -0.2) is 9.97 Å². The van der Waals surface area contributed by atoms with Crippen molar-refractivity contribution in [3.05, 3.63) is 88.2 Å². The van der Waals surface area contributed by atoms with E-state index in [0.29, 0.717) is 24.6 Å². The Morgan fingerprint density at radius 3 is 2.36 bits per heavy atom. The van der Waals surface area contributed by atoms with Crippen molar-refractivity contribution in [1.29, 1.82) is 0 Å². The summed E-state index contributed by atoms with van der Waals surface area (Å²) in [5.74, 6) is 0.847. The van der Waals surface area contributed by atoms with Crippen molar-refractivity contribution in [2.75, 3.05) is 5.32 Å². The maximum atomic E-state index is 9.51. The molecule has 0 amide bonds. The molecule has 1 aromatic heterocycles.